The lowest BCUT2D eigenvalue weighted by Crippen LogP contribution is -2.30. The molecular weight excluding hydrogens is 388 g/mol. The number of furan rings is 1. The first-order chi connectivity index (χ1) is 14.4. The number of pyridine rings is 1. The summed E-state index contributed by atoms with van der Waals surface area (Å²) in [6.07, 6.45) is 1.85. The van der Waals surface area contributed by atoms with Gasteiger partial charge in [-0.2, -0.15) is 0 Å². The van der Waals surface area contributed by atoms with Crippen LogP contribution < -0.4 is 10.9 Å². The maximum atomic E-state index is 12.7. The van der Waals surface area contributed by atoms with Gasteiger partial charge in [-0.05, 0) is 38.1 Å². The van der Waals surface area contributed by atoms with Crippen LogP contribution >= 0.6 is 0 Å². The highest BCUT2D eigenvalue weighted by Gasteiger charge is 2.27. The molecule has 3 aromatic heterocycles. The monoisotopic (exact) mass is 406 g/mol. The topological polar surface area (TPSA) is 116 Å². The molecule has 0 radical (unpaired) electrons. The van der Waals surface area contributed by atoms with Gasteiger partial charge < -0.3 is 19.0 Å². The van der Waals surface area contributed by atoms with Gasteiger partial charge in [-0.1, -0.05) is 6.07 Å². The molecule has 4 rings (SSSR count). The van der Waals surface area contributed by atoms with Gasteiger partial charge >= 0.3 is 5.97 Å². The minimum Gasteiger partial charge on any atom is -0.449 e. The molecule has 1 aromatic carbocycles. The number of carbonyl (C=O) groups is 2. The summed E-state index contributed by atoms with van der Waals surface area (Å²) >= 11 is 0. The highest BCUT2D eigenvalue weighted by atomic mass is 16.5. The van der Waals surface area contributed by atoms with Gasteiger partial charge in [0, 0.05) is 18.6 Å². The Morgan fingerprint density at radius 1 is 1.20 bits per heavy atom. The molecule has 0 aliphatic rings. The number of aromatic nitrogens is 3. The average Bonchev–Trinajstić information content (AvgIpc) is 3.07. The lowest BCUT2D eigenvalue weighted by molar-refractivity contribution is -0.123. The van der Waals surface area contributed by atoms with Crippen LogP contribution in [-0.2, 0) is 16.6 Å². The van der Waals surface area contributed by atoms with E-state index in [1.165, 1.54) is 31.8 Å². The van der Waals surface area contributed by atoms with Gasteiger partial charge in [0.2, 0.25) is 5.71 Å². The Morgan fingerprint density at radius 2 is 2.00 bits per heavy atom. The number of amides is 1. The highest BCUT2D eigenvalue weighted by molar-refractivity contribution is 6.06. The minimum atomic E-state index is -1.12. The number of carbonyl (C=O) groups excluding carboxylic acids is 2. The summed E-state index contributed by atoms with van der Waals surface area (Å²) in [7, 11) is 1.52. The van der Waals surface area contributed by atoms with Gasteiger partial charge in [0.1, 0.15) is 23.0 Å². The summed E-state index contributed by atoms with van der Waals surface area (Å²) in [5, 5.41) is 3.54. The number of nitrogens with zero attached hydrogens (tertiary/aromatic N) is 3. The van der Waals surface area contributed by atoms with E-state index in [0.717, 1.165) is 10.9 Å². The molecule has 30 heavy (non-hydrogen) atoms. The number of benzene rings is 1. The van der Waals surface area contributed by atoms with E-state index in [1.807, 2.05) is 12.1 Å². The van der Waals surface area contributed by atoms with Crippen LogP contribution in [-0.4, -0.2) is 32.5 Å². The Morgan fingerprint density at radius 3 is 2.80 bits per heavy atom. The molecule has 1 atom stereocenters. The Bertz CT molecular complexity index is 1350. The third-order valence-electron chi connectivity index (χ3n) is 4.71. The fraction of sp³-hybridized carbons (Fsp3) is 0.190. The van der Waals surface area contributed by atoms with Crippen LogP contribution in [0.1, 0.15) is 23.0 Å². The summed E-state index contributed by atoms with van der Waals surface area (Å²) < 4.78 is 12.0. The quantitative estimate of drug-likeness (QED) is 0.518. The molecule has 1 N–H and O–H groups in total. The van der Waals surface area contributed by atoms with Crippen LogP contribution in [0.3, 0.4) is 0 Å². The molecule has 0 fully saturated rings. The maximum Gasteiger partial charge on any atom is 0.343 e. The third-order valence-corrected chi connectivity index (χ3v) is 4.71. The van der Waals surface area contributed by atoms with E-state index in [4.69, 9.17) is 9.15 Å². The first kappa shape index (κ1) is 19.3. The van der Waals surface area contributed by atoms with E-state index >= 15 is 0 Å². The fourth-order valence-electron chi connectivity index (χ4n) is 3.15. The van der Waals surface area contributed by atoms with Crippen molar-refractivity contribution in [3.63, 3.8) is 0 Å². The normalized spacial score (nSPS) is 12.1. The first-order valence-corrected chi connectivity index (χ1v) is 9.17. The van der Waals surface area contributed by atoms with Gasteiger partial charge in [0.15, 0.2) is 6.10 Å². The number of aryl methyl sites for hydroxylation is 2. The van der Waals surface area contributed by atoms with Crippen LogP contribution in [0.5, 0.6) is 0 Å². The molecular formula is C21H18N4O5. The predicted molar refractivity (Wildman–Crippen MR) is 109 cm³/mol. The van der Waals surface area contributed by atoms with Crippen LogP contribution in [0.4, 0.5) is 5.69 Å². The number of ether oxygens (including phenoxy) is 1. The first-order valence-electron chi connectivity index (χ1n) is 9.17. The minimum absolute atomic E-state index is 0.0234. The number of hydrogen-bond donors (Lipinski definition) is 1. The van der Waals surface area contributed by atoms with E-state index in [2.05, 4.69) is 15.3 Å². The van der Waals surface area contributed by atoms with Gasteiger partial charge in [0.25, 0.3) is 11.5 Å². The SMILES string of the molecule is Cc1oc2ncn(C)c(=O)c2c1C(=O)OC(C)C(=O)Nc1cccc2ncccc12. The van der Waals surface area contributed by atoms with Gasteiger partial charge in [-0.3, -0.25) is 14.6 Å². The zero-order chi connectivity index (χ0) is 21.4. The van der Waals surface area contributed by atoms with Gasteiger partial charge in [0.05, 0.1) is 11.2 Å². The second kappa shape index (κ2) is 7.43. The van der Waals surface area contributed by atoms with Crippen LogP contribution in [0.25, 0.3) is 22.0 Å². The molecule has 0 bridgehead atoms. The van der Waals surface area contributed by atoms with Gasteiger partial charge in [-0.15, -0.1) is 0 Å². The van der Waals surface area contributed by atoms with Crippen molar-refractivity contribution in [3.8, 4) is 0 Å². The van der Waals surface area contributed by atoms with Crippen LogP contribution in [0.2, 0.25) is 0 Å². The smallest absolute Gasteiger partial charge is 0.343 e. The Kier molecular flexibility index (Phi) is 4.78. The van der Waals surface area contributed by atoms with Crippen molar-refractivity contribution in [1.29, 1.82) is 0 Å². The Balaban J connectivity index is 1.57. The van der Waals surface area contributed by atoms with Crippen molar-refractivity contribution < 1.29 is 18.7 Å². The fourth-order valence-corrected chi connectivity index (χ4v) is 3.15. The van der Waals surface area contributed by atoms with Crippen molar-refractivity contribution >= 4 is 39.6 Å². The second-order valence-electron chi connectivity index (χ2n) is 6.79. The number of nitrogens with one attached hydrogen (secondary N) is 1. The number of esters is 1. The molecule has 9 nitrogen and oxygen atoms in total. The zero-order valence-electron chi connectivity index (χ0n) is 16.5. The molecule has 0 aliphatic carbocycles. The standard InChI is InChI=1S/C21H18N4O5/c1-11-16(17-19(29-11)23-10-25(3)20(17)27)21(28)30-12(2)18(26)24-15-8-4-7-14-13(15)6-5-9-22-14/h4-10,12H,1-3H3,(H,24,26). The molecule has 1 unspecified atom stereocenters. The largest absolute Gasteiger partial charge is 0.449 e. The lowest BCUT2D eigenvalue weighted by atomic mass is 10.1. The maximum absolute atomic E-state index is 12.7. The van der Waals surface area contributed by atoms with Crippen molar-refractivity contribution in [2.24, 2.45) is 7.05 Å². The molecule has 0 saturated carbocycles. The molecule has 152 valence electrons. The van der Waals surface area contributed by atoms with E-state index in [-0.39, 0.29) is 22.4 Å². The summed E-state index contributed by atoms with van der Waals surface area (Å²) in [5.41, 5.74) is 0.847. The predicted octanol–water partition coefficient (Wildman–Crippen LogP) is 2.57. The lowest BCUT2D eigenvalue weighted by Gasteiger charge is -2.14. The Labute approximate surface area is 170 Å². The number of rotatable bonds is 4. The zero-order valence-corrected chi connectivity index (χ0v) is 16.5. The highest BCUT2D eigenvalue weighted by Crippen LogP contribution is 2.24. The summed E-state index contributed by atoms with van der Waals surface area (Å²) in [4.78, 5) is 46.0. The average molecular weight is 406 g/mol. The second-order valence-corrected chi connectivity index (χ2v) is 6.79. The van der Waals surface area contributed by atoms with Crippen LogP contribution in [0.15, 0.2) is 52.1 Å². The third kappa shape index (κ3) is 3.30. The Hall–Kier alpha value is -4.01. The van der Waals surface area contributed by atoms with Gasteiger partial charge in [-0.25, -0.2) is 9.78 Å². The van der Waals surface area contributed by atoms with E-state index in [1.54, 1.807) is 24.4 Å². The van der Waals surface area contributed by atoms with Crippen molar-refractivity contribution in [3.05, 3.63) is 64.5 Å². The van der Waals surface area contributed by atoms with E-state index in [0.29, 0.717) is 5.69 Å². The molecule has 0 saturated heterocycles. The summed E-state index contributed by atoms with van der Waals surface area (Å²) in [6, 6.07) is 8.93. The number of hydrogen-bond acceptors (Lipinski definition) is 7. The van der Waals surface area contributed by atoms with Crippen molar-refractivity contribution in [1.82, 2.24) is 14.5 Å². The molecule has 3 heterocycles. The summed E-state index contributed by atoms with van der Waals surface area (Å²) in [5.74, 6) is -1.16. The van der Waals surface area contributed by atoms with Crippen molar-refractivity contribution in [2.45, 2.75) is 20.0 Å². The molecule has 4 aromatic rings. The molecule has 9 heteroatoms. The molecule has 0 aliphatic heterocycles. The molecule has 1 amide bonds. The molecule has 0 spiro atoms. The van der Waals surface area contributed by atoms with E-state index in [9.17, 15) is 14.4 Å². The summed E-state index contributed by atoms with van der Waals surface area (Å²) in [6.45, 7) is 2.98. The number of fused-ring (bicyclic) bond motifs is 2. The van der Waals surface area contributed by atoms with E-state index < -0.39 is 23.5 Å². The number of anilines is 1. The van der Waals surface area contributed by atoms with Crippen molar-refractivity contribution in [2.75, 3.05) is 5.32 Å². The van der Waals surface area contributed by atoms with Crippen LogP contribution in [0, 0.1) is 6.92 Å².